The average Bonchev–Trinajstić information content (AvgIpc) is 2.52. The third-order valence-electron chi connectivity index (χ3n) is 3.47. The summed E-state index contributed by atoms with van der Waals surface area (Å²) >= 11 is 0. The molecule has 0 aliphatic carbocycles. The second-order valence-electron chi connectivity index (χ2n) is 4.86. The molecule has 8 nitrogen and oxygen atoms in total. The summed E-state index contributed by atoms with van der Waals surface area (Å²) in [5, 5.41) is 10.6. The third-order valence-corrected chi connectivity index (χ3v) is 3.47. The first-order valence-electron chi connectivity index (χ1n) is 7.06. The first-order valence-corrected chi connectivity index (χ1v) is 7.06. The van der Waals surface area contributed by atoms with E-state index in [1.54, 1.807) is 12.3 Å². The molecule has 2 rings (SSSR count). The molecule has 8 heteroatoms. The van der Waals surface area contributed by atoms with Crippen molar-refractivity contribution in [1.82, 2.24) is 9.88 Å². The predicted molar refractivity (Wildman–Crippen MR) is 79.4 cm³/mol. The van der Waals surface area contributed by atoms with Gasteiger partial charge in [0.2, 0.25) is 0 Å². The summed E-state index contributed by atoms with van der Waals surface area (Å²) < 4.78 is 5.38. The number of hydrogen-bond acceptors (Lipinski definition) is 7. The van der Waals surface area contributed by atoms with E-state index in [0.29, 0.717) is 19.8 Å². The summed E-state index contributed by atoms with van der Waals surface area (Å²) in [5.74, 6) is -0.116. The van der Waals surface area contributed by atoms with Crippen molar-refractivity contribution >= 4 is 11.5 Å². The third kappa shape index (κ3) is 4.62. The van der Waals surface area contributed by atoms with Crippen molar-refractivity contribution in [2.45, 2.75) is 0 Å². The van der Waals surface area contributed by atoms with Crippen LogP contribution < -0.4 is 10.6 Å². The van der Waals surface area contributed by atoms with Crippen molar-refractivity contribution in [3.05, 3.63) is 28.4 Å². The number of piperazine rings is 1. The van der Waals surface area contributed by atoms with Crippen molar-refractivity contribution in [3.63, 3.8) is 0 Å². The van der Waals surface area contributed by atoms with Crippen LogP contribution in [0.15, 0.2) is 18.3 Å². The van der Waals surface area contributed by atoms with E-state index in [0.717, 1.165) is 38.4 Å². The quantitative estimate of drug-likeness (QED) is 0.432. The van der Waals surface area contributed by atoms with Crippen LogP contribution in [0.3, 0.4) is 0 Å². The number of aromatic nitrogens is 1. The molecule has 116 valence electrons. The Kier molecular flexibility index (Phi) is 5.85. The molecule has 1 aromatic heterocycles. The van der Waals surface area contributed by atoms with Crippen LogP contribution in [-0.4, -0.2) is 67.3 Å². The molecule has 1 aromatic rings. The van der Waals surface area contributed by atoms with Crippen molar-refractivity contribution in [3.8, 4) is 0 Å². The molecule has 0 atom stereocenters. The molecule has 1 aliphatic rings. The second-order valence-corrected chi connectivity index (χ2v) is 4.86. The van der Waals surface area contributed by atoms with Crippen LogP contribution in [0.4, 0.5) is 11.5 Å². The fourth-order valence-corrected chi connectivity index (χ4v) is 2.28. The van der Waals surface area contributed by atoms with Crippen LogP contribution >= 0.6 is 0 Å². The molecule has 0 bridgehead atoms. The fraction of sp³-hybridized carbons (Fsp3) is 0.615. The fourth-order valence-electron chi connectivity index (χ4n) is 2.28. The number of nitrogens with zero attached hydrogens (tertiary/aromatic N) is 4. The molecule has 0 unspecified atom stereocenters. The van der Waals surface area contributed by atoms with Gasteiger partial charge in [-0.15, -0.1) is 0 Å². The molecular weight excluding hydrogens is 274 g/mol. The van der Waals surface area contributed by atoms with E-state index in [2.05, 4.69) is 14.8 Å². The van der Waals surface area contributed by atoms with Crippen LogP contribution in [0.2, 0.25) is 0 Å². The highest BCUT2D eigenvalue weighted by Gasteiger charge is 2.18. The minimum Gasteiger partial charge on any atom is -0.379 e. The molecule has 0 aromatic carbocycles. The Bertz CT molecular complexity index is 446. The molecule has 1 saturated heterocycles. The molecule has 1 fully saturated rings. The lowest BCUT2D eigenvalue weighted by atomic mass is 10.2. The molecular formula is C13H21N5O3. The van der Waals surface area contributed by atoms with E-state index in [4.69, 9.17) is 10.5 Å². The van der Waals surface area contributed by atoms with E-state index in [1.807, 2.05) is 0 Å². The van der Waals surface area contributed by atoms with Gasteiger partial charge in [-0.05, 0) is 16.0 Å². The maximum absolute atomic E-state index is 10.6. The van der Waals surface area contributed by atoms with Crippen molar-refractivity contribution in [2.24, 2.45) is 5.73 Å². The Labute approximate surface area is 123 Å². The highest BCUT2D eigenvalue weighted by Crippen LogP contribution is 2.17. The second kappa shape index (κ2) is 7.87. The van der Waals surface area contributed by atoms with E-state index < -0.39 is 4.92 Å². The number of nitro groups is 1. The number of hydrogen-bond donors (Lipinski definition) is 1. The smallest absolute Gasteiger partial charge is 0.363 e. The normalized spacial score (nSPS) is 16.1. The number of anilines is 1. The van der Waals surface area contributed by atoms with E-state index in [1.165, 1.54) is 6.07 Å². The number of pyridine rings is 1. The molecule has 0 amide bonds. The molecule has 21 heavy (non-hydrogen) atoms. The topological polar surface area (TPSA) is 97.8 Å². The van der Waals surface area contributed by atoms with Gasteiger partial charge in [-0.3, -0.25) is 4.90 Å². The summed E-state index contributed by atoms with van der Waals surface area (Å²) in [4.78, 5) is 18.5. The lowest BCUT2D eigenvalue weighted by Crippen LogP contribution is -2.47. The van der Waals surface area contributed by atoms with Gasteiger partial charge in [-0.25, -0.2) is 0 Å². The number of ether oxygens (including phenoxy) is 1. The zero-order valence-electron chi connectivity index (χ0n) is 12.0. The summed E-state index contributed by atoms with van der Waals surface area (Å²) in [6, 6.07) is 3.20. The van der Waals surface area contributed by atoms with Crippen LogP contribution in [0.25, 0.3) is 0 Å². The highest BCUT2D eigenvalue weighted by molar-refractivity contribution is 5.46. The molecule has 2 N–H and O–H groups in total. The molecule has 0 spiro atoms. The van der Waals surface area contributed by atoms with Crippen molar-refractivity contribution < 1.29 is 9.66 Å². The Balaban J connectivity index is 1.76. The Morgan fingerprint density at radius 1 is 1.29 bits per heavy atom. The van der Waals surface area contributed by atoms with E-state index in [-0.39, 0.29) is 5.82 Å². The lowest BCUT2D eigenvalue weighted by molar-refractivity contribution is -0.389. The Hall–Kier alpha value is -1.77. The molecule has 2 heterocycles. The summed E-state index contributed by atoms with van der Waals surface area (Å²) in [7, 11) is 0. The van der Waals surface area contributed by atoms with Gasteiger partial charge in [-0.1, -0.05) is 0 Å². The van der Waals surface area contributed by atoms with Gasteiger partial charge in [0.1, 0.15) is 0 Å². The SMILES string of the molecule is NCCOCCN1CCN(c2ccc([N+](=O)[O-])nc2)CC1. The Morgan fingerprint density at radius 2 is 2.05 bits per heavy atom. The highest BCUT2D eigenvalue weighted by atomic mass is 16.6. The largest absolute Gasteiger partial charge is 0.379 e. The zero-order chi connectivity index (χ0) is 15.1. The van der Waals surface area contributed by atoms with E-state index in [9.17, 15) is 10.1 Å². The lowest BCUT2D eigenvalue weighted by Gasteiger charge is -2.35. The van der Waals surface area contributed by atoms with Gasteiger partial charge in [0.25, 0.3) is 0 Å². The summed E-state index contributed by atoms with van der Waals surface area (Å²) in [5.41, 5.74) is 6.30. The van der Waals surface area contributed by atoms with Gasteiger partial charge < -0.3 is 25.5 Å². The first-order chi connectivity index (χ1) is 10.2. The van der Waals surface area contributed by atoms with Crippen LogP contribution in [-0.2, 0) is 4.74 Å². The van der Waals surface area contributed by atoms with Crippen molar-refractivity contribution in [1.29, 1.82) is 0 Å². The van der Waals surface area contributed by atoms with Crippen LogP contribution in [0.5, 0.6) is 0 Å². The summed E-state index contributed by atoms with van der Waals surface area (Å²) in [6.45, 7) is 6.44. The molecule has 0 radical (unpaired) electrons. The van der Waals surface area contributed by atoms with Gasteiger partial charge in [0.05, 0.1) is 18.9 Å². The Morgan fingerprint density at radius 3 is 2.62 bits per heavy atom. The number of rotatable bonds is 7. The van der Waals surface area contributed by atoms with Crippen LogP contribution in [0, 0.1) is 10.1 Å². The van der Waals surface area contributed by atoms with Crippen LogP contribution in [0.1, 0.15) is 0 Å². The zero-order valence-corrected chi connectivity index (χ0v) is 12.0. The monoisotopic (exact) mass is 295 g/mol. The maximum atomic E-state index is 10.6. The molecule has 1 aliphatic heterocycles. The number of nitrogens with two attached hydrogens (primary N) is 1. The standard InChI is InChI=1S/C13H21N5O3/c14-3-9-21-10-8-16-4-6-17(7-5-16)12-1-2-13(15-11-12)18(19)20/h1-2,11H,3-10,14H2. The minimum atomic E-state index is -0.483. The maximum Gasteiger partial charge on any atom is 0.363 e. The first kappa shape index (κ1) is 15.6. The predicted octanol–water partition coefficient (Wildman–Crippen LogP) is 0.0871. The average molecular weight is 295 g/mol. The van der Waals surface area contributed by atoms with Crippen molar-refractivity contribution in [2.75, 3.05) is 57.4 Å². The summed E-state index contributed by atoms with van der Waals surface area (Å²) in [6.07, 6.45) is 1.57. The van der Waals surface area contributed by atoms with Gasteiger partial charge in [0.15, 0.2) is 6.20 Å². The van der Waals surface area contributed by atoms with Gasteiger partial charge >= 0.3 is 5.82 Å². The minimum absolute atomic E-state index is 0.116. The van der Waals surface area contributed by atoms with Gasteiger partial charge in [0, 0.05) is 45.3 Å². The molecule has 0 saturated carbocycles. The van der Waals surface area contributed by atoms with E-state index >= 15 is 0 Å². The van der Waals surface area contributed by atoms with Gasteiger partial charge in [-0.2, -0.15) is 0 Å².